The minimum atomic E-state index is -0.797. The van der Waals surface area contributed by atoms with Crippen LogP contribution in [0.3, 0.4) is 0 Å². The first-order chi connectivity index (χ1) is 11.4. The van der Waals surface area contributed by atoms with Crippen LogP contribution < -0.4 is 10.1 Å². The Kier molecular flexibility index (Phi) is 6.23. The van der Waals surface area contributed by atoms with Crippen LogP contribution in [0.1, 0.15) is 51.1 Å². The van der Waals surface area contributed by atoms with Crippen LogP contribution in [0.4, 0.5) is 0 Å². The number of para-hydroxylation sites is 1. The fourth-order valence-electron chi connectivity index (χ4n) is 3.42. The lowest BCUT2D eigenvalue weighted by molar-refractivity contribution is -0.141. The van der Waals surface area contributed by atoms with Gasteiger partial charge in [0.2, 0.25) is 5.91 Å². The van der Waals surface area contributed by atoms with Crippen molar-refractivity contribution in [3.63, 3.8) is 0 Å². The summed E-state index contributed by atoms with van der Waals surface area (Å²) in [6.07, 6.45) is 2.46. The predicted molar refractivity (Wildman–Crippen MR) is 91.8 cm³/mol. The number of carboxylic acids is 1. The fraction of sp³-hybridized carbons (Fsp3) is 0.579. The Morgan fingerprint density at radius 1 is 1.25 bits per heavy atom. The Morgan fingerprint density at radius 2 is 1.92 bits per heavy atom. The standard InChI is InChI=1S/C19H27NO4/c1-12(2)10-16(15-6-4-5-7-17(15)24-3)20-18(21)13-8-9-14(11-13)19(22)23/h4-7,12-14,16H,8-11H2,1-3H3,(H,20,21)(H,22,23)/t13-,14+,16?/m1/s1. The van der Waals surface area contributed by atoms with Crippen LogP contribution in [0.15, 0.2) is 24.3 Å². The molecular weight excluding hydrogens is 306 g/mol. The van der Waals surface area contributed by atoms with Gasteiger partial charge in [0, 0.05) is 11.5 Å². The number of hydrogen-bond donors (Lipinski definition) is 2. The second-order valence-corrected chi connectivity index (χ2v) is 6.98. The maximum atomic E-state index is 12.6. The highest BCUT2D eigenvalue weighted by Crippen LogP contribution is 2.34. The molecular formula is C19H27NO4. The maximum Gasteiger partial charge on any atom is 0.306 e. The van der Waals surface area contributed by atoms with Crippen molar-refractivity contribution in [1.29, 1.82) is 0 Å². The average Bonchev–Trinajstić information content (AvgIpc) is 3.04. The van der Waals surface area contributed by atoms with Crippen LogP contribution in [-0.4, -0.2) is 24.1 Å². The number of ether oxygens (including phenoxy) is 1. The van der Waals surface area contributed by atoms with Crippen LogP contribution in [0, 0.1) is 17.8 Å². The summed E-state index contributed by atoms with van der Waals surface area (Å²) >= 11 is 0. The van der Waals surface area contributed by atoms with Gasteiger partial charge >= 0.3 is 5.97 Å². The van der Waals surface area contributed by atoms with Gasteiger partial charge in [-0.25, -0.2) is 0 Å². The molecule has 0 radical (unpaired) electrons. The topological polar surface area (TPSA) is 75.6 Å². The molecule has 1 aliphatic carbocycles. The van der Waals surface area contributed by atoms with Gasteiger partial charge in [-0.1, -0.05) is 32.0 Å². The molecule has 0 bridgehead atoms. The van der Waals surface area contributed by atoms with E-state index in [1.54, 1.807) is 7.11 Å². The molecule has 1 fully saturated rings. The fourth-order valence-corrected chi connectivity index (χ4v) is 3.42. The summed E-state index contributed by atoms with van der Waals surface area (Å²) in [4.78, 5) is 23.7. The Bertz CT molecular complexity index is 584. The number of benzene rings is 1. The highest BCUT2D eigenvalue weighted by Gasteiger charge is 2.34. The van der Waals surface area contributed by atoms with Gasteiger partial charge in [0.1, 0.15) is 5.75 Å². The minimum Gasteiger partial charge on any atom is -0.496 e. The lowest BCUT2D eigenvalue weighted by atomic mass is 9.95. The molecule has 2 N–H and O–H groups in total. The van der Waals surface area contributed by atoms with Crippen LogP contribution in [-0.2, 0) is 9.59 Å². The van der Waals surface area contributed by atoms with Gasteiger partial charge in [0.15, 0.2) is 0 Å². The Balaban J connectivity index is 2.12. The number of rotatable bonds is 7. The summed E-state index contributed by atoms with van der Waals surface area (Å²) in [7, 11) is 1.63. The van der Waals surface area contributed by atoms with Gasteiger partial charge < -0.3 is 15.2 Å². The molecule has 5 heteroatoms. The summed E-state index contributed by atoms with van der Waals surface area (Å²) in [5.41, 5.74) is 0.967. The number of methoxy groups -OCH3 is 1. The highest BCUT2D eigenvalue weighted by atomic mass is 16.5. The summed E-state index contributed by atoms with van der Waals surface area (Å²) < 4.78 is 5.43. The first kappa shape index (κ1) is 18.3. The Labute approximate surface area is 143 Å². The molecule has 2 rings (SSSR count). The van der Waals surface area contributed by atoms with Gasteiger partial charge in [0.05, 0.1) is 19.1 Å². The van der Waals surface area contributed by atoms with E-state index < -0.39 is 11.9 Å². The number of carbonyl (C=O) groups excluding carboxylic acids is 1. The number of aliphatic carboxylic acids is 1. The zero-order chi connectivity index (χ0) is 17.7. The molecule has 24 heavy (non-hydrogen) atoms. The van der Waals surface area contributed by atoms with E-state index in [-0.39, 0.29) is 17.9 Å². The molecule has 1 aromatic carbocycles. The van der Waals surface area contributed by atoms with Crippen molar-refractivity contribution < 1.29 is 19.4 Å². The monoisotopic (exact) mass is 333 g/mol. The molecule has 1 amide bonds. The summed E-state index contributed by atoms with van der Waals surface area (Å²) in [6.45, 7) is 4.23. The van der Waals surface area contributed by atoms with Crippen molar-refractivity contribution in [3.8, 4) is 5.75 Å². The molecule has 1 saturated carbocycles. The smallest absolute Gasteiger partial charge is 0.306 e. The van der Waals surface area contributed by atoms with Crippen LogP contribution in [0.5, 0.6) is 5.75 Å². The van der Waals surface area contributed by atoms with Gasteiger partial charge in [-0.2, -0.15) is 0 Å². The highest BCUT2D eigenvalue weighted by molar-refractivity contribution is 5.81. The van der Waals surface area contributed by atoms with Crippen LogP contribution >= 0.6 is 0 Å². The Morgan fingerprint density at radius 3 is 2.50 bits per heavy atom. The van der Waals surface area contributed by atoms with E-state index in [4.69, 9.17) is 9.84 Å². The first-order valence-corrected chi connectivity index (χ1v) is 8.58. The van der Waals surface area contributed by atoms with Crippen molar-refractivity contribution in [1.82, 2.24) is 5.32 Å². The van der Waals surface area contributed by atoms with E-state index in [1.165, 1.54) is 0 Å². The van der Waals surface area contributed by atoms with Crippen molar-refractivity contribution >= 4 is 11.9 Å². The molecule has 1 aromatic rings. The maximum absolute atomic E-state index is 12.6. The molecule has 0 heterocycles. The largest absolute Gasteiger partial charge is 0.496 e. The zero-order valence-corrected chi connectivity index (χ0v) is 14.6. The molecule has 0 saturated heterocycles. The second kappa shape index (κ2) is 8.18. The van der Waals surface area contributed by atoms with Gasteiger partial charge in [-0.05, 0) is 37.7 Å². The summed E-state index contributed by atoms with van der Waals surface area (Å²) in [6, 6.07) is 7.59. The number of amides is 1. The van der Waals surface area contributed by atoms with E-state index in [0.717, 1.165) is 17.7 Å². The second-order valence-electron chi connectivity index (χ2n) is 6.98. The Hall–Kier alpha value is -2.04. The van der Waals surface area contributed by atoms with Gasteiger partial charge in [0.25, 0.3) is 0 Å². The molecule has 1 unspecified atom stereocenters. The summed E-state index contributed by atoms with van der Waals surface area (Å²) in [5, 5.41) is 12.2. The molecule has 0 spiro atoms. The molecule has 132 valence electrons. The molecule has 0 aliphatic heterocycles. The quantitative estimate of drug-likeness (QED) is 0.802. The third-order valence-electron chi connectivity index (χ3n) is 4.69. The van der Waals surface area contributed by atoms with E-state index in [1.807, 2.05) is 24.3 Å². The van der Waals surface area contributed by atoms with Crippen LogP contribution in [0.25, 0.3) is 0 Å². The zero-order valence-electron chi connectivity index (χ0n) is 14.6. The third kappa shape index (κ3) is 4.49. The molecule has 1 aliphatic rings. The SMILES string of the molecule is COc1ccccc1C(CC(C)C)NC(=O)[C@@H]1CC[C@H](C(=O)O)C1. The van der Waals surface area contributed by atoms with Crippen molar-refractivity contribution in [2.45, 2.75) is 45.6 Å². The number of hydrogen-bond acceptors (Lipinski definition) is 3. The normalized spacial score (nSPS) is 21.5. The molecule has 0 aromatic heterocycles. The van der Waals surface area contributed by atoms with Crippen molar-refractivity contribution in [3.05, 3.63) is 29.8 Å². The van der Waals surface area contributed by atoms with E-state index in [0.29, 0.717) is 25.2 Å². The van der Waals surface area contributed by atoms with E-state index >= 15 is 0 Å². The third-order valence-corrected chi connectivity index (χ3v) is 4.69. The number of carbonyl (C=O) groups is 2. The minimum absolute atomic E-state index is 0.0460. The average molecular weight is 333 g/mol. The molecule has 3 atom stereocenters. The van der Waals surface area contributed by atoms with Gasteiger partial charge in [-0.15, -0.1) is 0 Å². The van der Waals surface area contributed by atoms with E-state index in [9.17, 15) is 9.59 Å². The van der Waals surface area contributed by atoms with E-state index in [2.05, 4.69) is 19.2 Å². The first-order valence-electron chi connectivity index (χ1n) is 8.58. The van der Waals surface area contributed by atoms with Crippen molar-refractivity contribution in [2.24, 2.45) is 17.8 Å². The van der Waals surface area contributed by atoms with Gasteiger partial charge in [-0.3, -0.25) is 9.59 Å². The summed E-state index contributed by atoms with van der Waals surface area (Å²) in [5.74, 6) is -0.274. The number of carboxylic acid groups (broad SMARTS) is 1. The van der Waals surface area contributed by atoms with Crippen molar-refractivity contribution in [2.75, 3.05) is 7.11 Å². The lowest BCUT2D eigenvalue weighted by Crippen LogP contribution is -2.34. The number of nitrogens with one attached hydrogen (secondary N) is 1. The molecule has 5 nitrogen and oxygen atoms in total. The lowest BCUT2D eigenvalue weighted by Gasteiger charge is -2.24. The van der Waals surface area contributed by atoms with Crippen LogP contribution in [0.2, 0.25) is 0 Å². The predicted octanol–water partition coefficient (Wildman–Crippen LogP) is 3.40.